The fourth-order valence-corrected chi connectivity index (χ4v) is 6.02. The number of amides is 1. The summed E-state index contributed by atoms with van der Waals surface area (Å²) < 4.78 is 30.7. The van der Waals surface area contributed by atoms with Crippen LogP contribution in [0.1, 0.15) is 63.8 Å². The van der Waals surface area contributed by atoms with Crippen molar-refractivity contribution in [3.8, 4) is 6.07 Å². The number of hydrogen-bond acceptors (Lipinski definition) is 7. The van der Waals surface area contributed by atoms with E-state index in [4.69, 9.17) is 21.1 Å². The number of fused-ring (bicyclic) bond motifs is 1. The number of rotatable bonds is 8. The van der Waals surface area contributed by atoms with Crippen molar-refractivity contribution >= 4 is 17.5 Å². The molecule has 4 heterocycles. The van der Waals surface area contributed by atoms with Gasteiger partial charge < -0.3 is 14.6 Å². The van der Waals surface area contributed by atoms with E-state index in [1.54, 1.807) is 67.3 Å². The summed E-state index contributed by atoms with van der Waals surface area (Å²) in [6, 6.07) is 16.5. The summed E-state index contributed by atoms with van der Waals surface area (Å²) in [5.41, 5.74) is -1.40. The van der Waals surface area contributed by atoms with E-state index in [1.807, 2.05) is 6.07 Å². The molecule has 3 atom stereocenters. The minimum absolute atomic E-state index is 0.0311. The quantitative estimate of drug-likeness (QED) is 0.309. The van der Waals surface area contributed by atoms with Crippen LogP contribution in [0.2, 0.25) is 5.02 Å². The van der Waals surface area contributed by atoms with Crippen molar-refractivity contribution in [3.63, 3.8) is 0 Å². The van der Waals surface area contributed by atoms with Gasteiger partial charge in [0.05, 0.1) is 47.3 Å². The number of aliphatic hydroxyl groups is 1. The monoisotopic (exact) mass is 601 g/mol. The van der Waals surface area contributed by atoms with Gasteiger partial charge in [0.1, 0.15) is 17.5 Å². The van der Waals surface area contributed by atoms with E-state index in [9.17, 15) is 15.2 Å². The number of carbonyl (C=O) groups excluding carboxylic acids is 1. The molecular weight excluding hydrogens is 573 g/mol. The summed E-state index contributed by atoms with van der Waals surface area (Å²) in [6.07, 6.45) is 3.42. The van der Waals surface area contributed by atoms with Gasteiger partial charge >= 0.3 is 0 Å². The normalized spacial score (nSPS) is 21.1. The van der Waals surface area contributed by atoms with Crippen LogP contribution in [0.3, 0.4) is 0 Å². The van der Waals surface area contributed by atoms with Gasteiger partial charge in [0.2, 0.25) is 5.72 Å². The number of aromatic nitrogens is 3. The Bertz CT molecular complexity index is 1720. The highest BCUT2D eigenvalue weighted by Crippen LogP contribution is 2.50. The molecule has 2 aromatic heterocycles. The topological polar surface area (TPSA) is 114 Å². The van der Waals surface area contributed by atoms with Crippen molar-refractivity contribution in [2.24, 2.45) is 7.05 Å². The summed E-state index contributed by atoms with van der Waals surface area (Å²) in [5.74, 6) is -1.22. The summed E-state index contributed by atoms with van der Waals surface area (Å²) in [7, 11) is 1.73. The van der Waals surface area contributed by atoms with Crippen LogP contribution in [0.15, 0.2) is 67.0 Å². The molecule has 220 valence electrons. The Labute approximate surface area is 253 Å². The van der Waals surface area contributed by atoms with Crippen molar-refractivity contribution in [1.82, 2.24) is 19.7 Å². The van der Waals surface area contributed by atoms with Crippen LogP contribution < -0.4 is 0 Å². The molecule has 0 spiro atoms. The third-order valence-corrected chi connectivity index (χ3v) is 8.40. The molecular formula is C32H29ClFN5O4. The highest BCUT2D eigenvalue weighted by atomic mass is 35.5. The van der Waals surface area contributed by atoms with E-state index in [-0.39, 0.29) is 36.3 Å². The average Bonchev–Trinajstić information content (AvgIpc) is 3.75. The first-order valence-electron chi connectivity index (χ1n) is 13.9. The molecule has 1 unspecified atom stereocenters. The van der Waals surface area contributed by atoms with Gasteiger partial charge in [-0.25, -0.2) is 4.39 Å². The summed E-state index contributed by atoms with van der Waals surface area (Å²) in [5, 5.41) is 25.9. The second-order valence-corrected chi connectivity index (χ2v) is 11.2. The Morgan fingerprint density at radius 2 is 2.05 bits per heavy atom. The first-order chi connectivity index (χ1) is 20.7. The highest BCUT2D eigenvalue weighted by Gasteiger charge is 2.56. The third-order valence-electron chi connectivity index (χ3n) is 8.15. The number of halogens is 2. The zero-order chi connectivity index (χ0) is 30.4. The van der Waals surface area contributed by atoms with Crippen molar-refractivity contribution < 1.29 is 23.8 Å². The van der Waals surface area contributed by atoms with Crippen molar-refractivity contribution in [3.05, 3.63) is 117 Å². The van der Waals surface area contributed by atoms with Crippen LogP contribution in [0.5, 0.6) is 0 Å². The van der Waals surface area contributed by atoms with Gasteiger partial charge in [-0.3, -0.25) is 19.4 Å². The number of pyridine rings is 1. The van der Waals surface area contributed by atoms with Crippen molar-refractivity contribution in [2.45, 2.75) is 43.7 Å². The molecule has 1 amide bonds. The largest absolute Gasteiger partial charge is 0.379 e. The molecule has 2 aromatic carbocycles. The molecule has 1 N–H and O–H groups in total. The molecule has 6 rings (SSSR count). The van der Waals surface area contributed by atoms with Gasteiger partial charge in [0.15, 0.2) is 0 Å². The SMILES string of the molecule is CCC(O)(c1cc(F)c2c(c1)C(=O)N(Cc1ccc(C#N)cn1)[C@@]2(O[C@H]1CCOC1)c1ccc(Cl)cc1)c1ccn(C)n1. The van der Waals surface area contributed by atoms with E-state index in [0.717, 1.165) is 0 Å². The van der Waals surface area contributed by atoms with E-state index < -0.39 is 29.2 Å². The van der Waals surface area contributed by atoms with Gasteiger partial charge in [0.25, 0.3) is 5.91 Å². The van der Waals surface area contributed by atoms with Gasteiger partial charge in [0, 0.05) is 36.6 Å². The molecule has 0 saturated carbocycles. The Hall–Kier alpha value is -4.14. The Morgan fingerprint density at radius 1 is 1.26 bits per heavy atom. The smallest absolute Gasteiger partial charge is 0.257 e. The van der Waals surface area contributed by atoms with Crippen LogP contribution in [0, 0.1) is 17.1 Å². The highest BCUT2D eigenvalue weighted by molar-refractivity contribution is 6.30. The lowest BCUT2D eigenvalue weighted by atomic mass is 9.84. The zero-order valence-corrected chi connectivity index (χ0v) is 24.4. The number of nitrogens with zero attached hydrogens (tertiary/aromatic N) is 5. The maximum atomic E-state index is 16.8. The van der Waals surface area contributed by atoms with Crippen LogP contribution in [0.4, 0.5) is 4.39 Å². The molecule has 1 fully saturated rings. The van der Waals surface area contributed by atoms with E-state index in [0.29, 0.717) is 40.6 Å². The number of ether oxygens (including phenoxy) is 2. The van der Waals surface area contributed by atoms with Crippen LogP contribution in [-0.2, 0) is 34.4 Å². The fraction of sp³-hybridized carbons (Fsp3) is 0.312. The first-order valence-corrected chi connectivity index (χ1v) is 14.3. The second kappa shape index (κ2) is 11.2. The van der Waals surface area contributed by atoms with Gasteiger partial charge in [-0.2, -0.15) is 10.4 Å². The lowest BCUT2D eigenvalue weighted by Gasteiger charge is -2.41. The molecule has 2 aliphatic rings. The Balaban J connectivity index is 1.58. The molecule has 0 radical (unpaired) electrons. The predicted octanol–water partition coefficient (Wildman–Crippen LogP) is 4.79. The van der Waals surface area contributed by atoms with Crippen LogP contribution in [0.25, 0.3) is 0 Å². The minimum atomic E-state index is -1.71. The molecule has 4 aromatic rings. The second-order valence-electron chi connectivity index (χ2n) is 10.8. The minimum Gasteiger partial charge on any atom is -0.379 e. The van der Waals surface area contributed by atoms with Gasteiger partial charge in [-0.1, -0.05) is 30.7 Å². The maximum Gasteiger partial charge on any atom is 0.257 e. The van der Waals surface area contributed by atoms with Crippen LogP contribution in [-0.4, -0.2) is 50.0 Å². The number of benzene rings is 2. The first kappa shape index (κ1) is 29.0. The molecule has 9 nitrogen and oxygen atoms in total. The molecule has 1 saturated heterocycles. The van der Waals surface area contributed by atoms with E-state index >= 15 is 4.39 Å². The Morgan fingerprint density at radius 3 is 2.65 bits per heavy atom. The maximum absolute atomic E-state index is 16.8. The molecule has 0 bridgehead atoms. The molecule has 2 aliphatic heterocycles. The molecule has 0 aliphatic carbocycles. The lowest BCUT2D eigenvalue weighted by Crippen LogP contribution is -2.49. The molecule has 43 heavy (non-hydrogen) atoms. The summed E-state index contributed by atoms with van der Waals surface area (Å²) in [6.45, 7) is 2.46. The van der Waals surface area contributed by atoms with E-state index in [1.165, 1.54) is 23.2 Å². The summed E-state index contributed by atoms with van der Waals surface area (Å²) >= 11 is 6.25. The number of hydrogen-bond donors (Lipinski definition) is 1. The lowest BCUT2D eigenvalue weighted by molar-refractivity contribution is -0.148. The van der Waals surface area contributed by atoms with E-state index in [2.05, 4.69) is 10.1 Å². The molecule has 11 heteroatoms. The number of nitriles is 1. The predicted molar refractivity (Wildman–Crippen MR) is 154 cm³/mol. The van der Waals surface area contributed by atoms with Crippen LogP contribution >= 0.6 is 11.6 Å². The van der Waals surface area contributed by atoms with Gasteiger partial charge in [-0.15, -0.1) is 0 Å². The number of aryl methyl sites for hydroxylation is 1. The third kappa shape index (κ3) is 4.88. The fourth-order valence-electron chi connectivity index (χ4n) is 5.89. The van der Waals surface area contributed by atoms with Crippen molar-refractivity contribution in [2.75, 3.05) is 13.2 Å². The average molecular weight is 602 g/mol. The standard InChI is InChI=1S/C32H29ClFN5O4/c1-3-31(41,28-10-12-38(2)37-28)22-14-26-29(27(34)15-22)32(43-25-11-13-42-19-25,21-5-7-23(33)8-6-21)39(30(26)40)18-24-9-4-20(16-35)17-36-24/h4-10,12,14-15,17,25,41H,3,11,13,18-19H2,1-2H3/t25-,31?,32+/m0/s1. The summed E-state index contributed by atoms with van der Waals surface area (Å²) in [4.78, 5) is 20.3. The number of carbonyl (C=O) groups is 1. The Kier molecular flexibility index (Phi) is 7.52. The van der Waals surface area contributed by atoms with Gasteiger partial charge in [-0.05, 0) is 60.9 Å². The zero-order valence-electron chi connectivity index (χ0n) is 23.6. The van der Waals surface area contributed by atoms with Crippen molar-refractivity contribution in [1.29, 1.82) is 5.26 Å².